The lowest BCUT2D eigenvalue weighted by molar-refractivity contribution is 0.0661. The van der Waals surface area contributed by atoms with E-state index >= 15 is 0 Å². The van der Waals surface area contributed by atoms with E-state index in [9.17, 15) is 4.79 Å². The van der Waals surface area contributed by atoms with Gasteiger partial charge in [0.2, 0.25) is 11.7 Å². The van der Waals surface area contributed by atoms with Crippen LogP contribution in [0, 0.1) is 5.92 Å². The molecule has 0 bridgehead atoms. The third-order valence-corrected chi connectivity index (χ3v) is 3.42. The van der Waals surface area contributed by atoms with Crippen molar-refractivity contribution in [2.45, 2.75) is 20.3 Å². The van der Waals surface area contributed by atoms with Gasteiger partial charge in [-0.3, -0.25) is 0 Å². The first kappa shape index (κ1) is 13.6. The highest BCUT2D eigenvalue weighted by Gasteiger charge is 2.23. The first-order chi connectivity index (χ1) is 9.02. The van der Waals surface area contributed by atoms with Crippen molar-refractivity contribution in [3.05, 3.63) is 22.9 Å². The van der Waals surface area contributed by atoms with Crippen LogP contribution < -0.4 is 4.74 Å². The number of nitrogens with zero attached hydrogens (tertiary/aromatic N) is 1. The van der Waals surface area contributed by atoms with E-state index < -0.39 is 5.97 Å². The van der Waals surface area contributed by atoms with Crippen LogP contribution in [0.15, 0.2) is 15.9 Å². The van der Waals surface area contributed by atoms with Crippen LogP contribution in [0.1, 0.15) is 30.1 Å². The third-order valence-electron chi connectivity index (χ3n) is 2.54. The van der Waals surface area contributed by atoms with Crippen LogP contribution in [0.2, 0.25) is 0 Å². The molecule has 5 nitrogen and oxygen atoms in total. The molecular formula is C13H15NO4S. The second-order valence-corrected chi connectivity index (χ2v) is 5.43. The van der Waals surface area contributed by atoms with Crippen LogP contribution in [0.25, 0.3) is 10.8 Å². The molecule has 0 spiro atoms. The van der Waals surface area contributed by atoms with Crippen molar-refractivity contribution in [1.82, 2.24) is 4.98 Å². The average molecular weight is 281 g/mol. The normalized spacial score (nSPS) is 10.9. The molecule has 0 atom stereocenters. The second-order valence-electron chi connectivity index (χ2n) is 4.52. The molecule has 19 heavy (non-hydrogen) atoms. The van der Waals surface area contributed by atoms with Gasteiger partial charge in [-0.15, -0.1) is 11.3 Å². The number of carbonyl (C=O) groups is 1. The van der Waals surface area contributed by atoms with E-state index in [1.54, 1.807) is 13.2 Å². The molecule has 0 radical (unpaired) electrons. The molecule has 2 aromatic heterocycles. The number of oxazole rings is 1. The lowest BCUT2D eigenvalue weighted by Crippen LogP contribution is -2.03. The lowest BCUT2D eigenvalue weighted by atomic mass is 10.1. The number of carboxylic acids is 1. The lowest BCUT2D eigenvalue weighted by Gasteiger charge is -2.00. The van der Waals surface area contributed by atoms with E-state index in [1.807, 2.05) is 19.2 Å². The molecule has 1 N–H and O–H groups in total. The van der Waals surface area contributed by atoms with Gasteiger partial charge in [0.15, 0.2) is 0 Å². The summed E-state index contributed by atoms with van der Waals surface area (Å²) in [5.74, 6) is 0.0737. The van der Waals surface area contributed by atoms with Crippen LogP contribution in [-0.4, -0.2) is 23.2 Å². The maximum atomic E-state index is 11.2. The Morgan fingerprint density at radius 1 is 1.58 bits per heavy atom. The van der Waals surface area contributed by atoms with Crippen molar-refractivity contribution in [1.29, 1.82) is 0 Å². The van der Waals surface area contributed by atoms with Crippen molar-refractivity contribution in [2.24, 2.45) is 5.92 Å². The number of rotatable bonds is 5. The Kier molecular flexibility index (Phi) is 3.90. The van der Waals surface area contributed by atoms with Gasteiger partial charge in [-0.05, 0) is 23.8 Å². The molecule has 0 aliphatic rings. The summed E-state index contributed by atoms with van der Waals surface area (Å²) in [6.45, 7) is 4.01. The van der Waals surface area contributed by atoms with Crippen molar-refractivity contribution in [3.8, 4) is 16.5 Å². The van der Waals surface area contributed by atoms with Gasteiger partial charge in [-0.25, -0.2) is 9.78 Å². The molecule has 0 saturated carbocycles. The number of hydrogen-bond acceptors (Lipinski definition) is 5. The summed E-state index contributed by atoms with van der Waals surface area (Å²) in [5, 5.41) is 11.0. The average Bonchev–Trinajstić information content (AvgIpc) is 2.93. The van der Waals surface area contributed by atoms with Crippen LogP contribution in [0.4, 0.5) is 0 Å². The van der Waals surface area contributed by atoms with Gasteiger partial charge in [0.1, 0.15) is 10.6 Å². The zero-order chi connectivity index (χ0) is 14.0. The van der Waals surface area contributed by atoms with E-state index in [0.29, 0.717) is 34.6 Å². The SMILES string of the molecule is COc1ccsc1-c1nc(CC(C)C)c(C(=O)O)o1. The molecule has 0 aliphatic carbocycles. The highest BCUT2D eigenvalue weighted by molar-refractivity contribution is 7.13. The van der Waals surface area contributed by atoms with Crippen molar-refractivity contribution in [2.75, 3.05) is 7.11 Å². The molecule has 2 aromatic rings. The predicted molar refractivity (Wildman–Crippen MR) is 71.9 cm³/mol. The fraction of sp³-hybridized carbons (Fsp3) is 0.385. The van der Waals surface area contributed by atoms with Crippen LogP contribution in [0.3, 0.4) is 0 Å². The number of aromatic carboxylic acids is 1. The zero-order valence-electron chi connectivity index (χ0n) is 11.0. The summed E-state index contributed by atoms with van der Waals surface area (Å²) in [6.07, 6.45) is 0.568. The van der Waals surface area contributed by atoms with Gasteiger partial charge in [0.25, 0.3) is 0 Å². The maximum Gasteiger partial charge on any atom is 0.373 e. The number of aromatic nitrogens is 1. The zero-order valence-corrected chi connectivity index (χ0v) is 11.8. The van der Waals surface area contributed by atoms with Crippen molar-refractivity contribution < 1.29 is 19.1 Å². The van der Waals surface area contributed by atoms with Gasteiger partial charge in [0.05, 0.1) is 12.8 Å². The van der Waals surface area contributed by atoms with Crippen molar-refractivity contribution >= 4 is 17.3 Å². The minimum absolute atomic E-state index is 0.0841. The third kappa shape index (κ3) is 2.78. The number of ether oxygens (including phenoxy) is 1. The summed E-state index contributed by atoms with van der Waals surface area (Å²) < 4.78 is 10.6. The number of carboxylic acid groups (broad SMARTS) is 1. The number of hydrogen-bond donors (Lipinski definition) is 1. The van der Waals surface area contributed by atoms with E-state index in [1.165, 1.54) is 11.3 Å². The minimum Gasteiger partial charge on any atom is -0.495 e. The summed E-state index contributed by atoms with van der Waals surface area (Å²) in [5.41, 5.74) is 0.480. The fourth-order valence-corrected chi connectivity index (χ4v) is 2.54. The molecule has 6 heteroatoms. The first-order valence-corrected chi connectivity index (χ1v) is 6.75. The van der Waals surface area contributed by atoms with E-state index in [0.717, 1.165) is 0 Å². The van der Waals surface area contributed by atoms with Gasteiger partial charge in [-0.2, -0.15) is 0 Å². The molecular weight excluding hydrogens is 266 g/mol. The van der Waals surface area contributed by atoms with E-state index in [2.05, 4.69) is 4.98 Å². The minimum atomic E-state index is -1.09. The van der Waals surface area contributed by atoms with Crippen LogP contribution >= 0.6 is 11.3 Å². The molecule has 0 unspecified atom stereocenters. The smallest absolute Gasteiger partial charge is 0.373 e. The van der Waals surface area contributed by atoms with Crippen molar-refractivity contribution in [3.63, 3.8) is 0 Å². The van der Waals surface area contributed by atoms with Crippen LogP contribution in [0.5, 0.6) is 5.75 Å². The molecule has 0 saturated heterocycles. The Labute approximate surface area is 114 Å². The molecule has 2 heterocycles. The second kappa shape index (κ2) is 5.44. The van der Waals surface area contributed by atoms with Crippen LogP contribution in [-0.2, 0) is 6.42 Å². The Morgan fingerprint density at radius 2 is 2.32 bits per heavy atom. The molecule has 0 amide bonds. The monoisotopic (exact) mass is 281 g/mol. The van der Waals surface area contributed by atoms with Gasteiger partial charge >= 0.3 is 5.97 Å². The Balaban J connectivity index is 2.45. The summed E-state index contributed by atoms with van der Waals surface area (Å²) >= 11 is 1.41. The molecule has 102 valence electrons. The van der Waals surface area contributed by atoms with E-state index in [-0.39, 0.29) is 5.76 Å². The Bertz CT molecular complexity index is 585. The first-order valence-electron chi connectivity index (χ1n) is 5.87. The Hall–Kier alpha value is -1.82. The quantitative estimate of drug-likeness (QED) is 0.910. The Morgan fingerprint density at radius 3 is 2.89 bits per heavy atom. The highest BCUT2D eigenvalue weighted by atomic mass is 32.1. The topological polar surface area (TPSA) is 72.6 Å². The number of methoxy groups -OCH3 is 1. The van der Waals surface area contributed by atoms with Gasteiger partial charge in [0, 0.05) is 0 Å². The molecule has 2 rings (SSSR count). The standard InChI is InChI=1S/C13H15NO4S/c1-7(2)6-8-10(13(15)16)18-12(14-8)11-9(17-3)4-5-19-11/h4-5,7H,6H2,1-3H3,(H,15,16). The van der Waals surface area contributed by atoms with E-state index in [4.69, 9.17) is 14.3 Å². The predicted octanol–water partition coefficient (Wildman–Crippen LogP) is 3.31. The summed E-state index contributed by atoms with van der Waals surface area (Å²) in [7, 11) is 1.56. The number of thiophene rings is 1. The molecule has 0 fully saturated rings. The largest absolute Gasteiger partial charge is 0.495 e. The summed E-state index contributed by atoms with van der Waals surface area (Å²) in [4.78, 5) is 16.2. The fourth-order valence-electron chi connectivity index (χ4n) is 1.76. The highest BCUT2D eigenvalue weighted by Crippen LogP contribution is 2.36. The van der Waals surface area contributed by atoms with Gasteiger partial charge < -0.3 is 14.3 Å². The molecule has 0 aliphatic heterocycles. The maximum absolute atomic E-state index is 11.2. The molecule has 0 aromatic carbocycles. The van der Waals surface area contributed by atoms with Gasteiger partial charge in [-0.1, -0.05) is 13.8 Å². The summed E-state index contributed by atoms with van der Waals surface area (Å²) in [6, 6.07) is 1.80.